The van der Waals surface area contributed by atoms with Gasteiger partial charge in [-0.1, -0.05) is 23.2 Å². The monoisotopic (exact) mass is 542 g/mol. The van der Waals surface area contributed by atoms with Crippen molar-refractivity contribution in [3.05, 3.63) is 62.9 Å². The molecular weight excluding hydrogens is 514 g/mol. The second-order valence-electron chi connectivity index (χ2n) is 9.65. The molecule has 2 aromatic rings. The number of aliphatic hydroxyl groups is 1. The number of hydrogen-bond acceptors (Lipinski definition) is 5. The van der Waals surface area contributed by atoms with Crippen molar-refractivity contribution in [1.82, 2.24) is 9.62 Å². The van der Waals surface area contributed by atoms with Gasteiger partial charge in [0.15, 0.2) is 0 Å². The predicted octanol–water partition coefficient (Wildman–Crippen LogP) is 4.41. The predicted molar refractivity (Wildman–Crippen MR) is 138 cm³/mol. The van der Waals surface area contributed by atoms with Crippen LogP contribution < -0.4 is 9.46 Å². The van der Waals surface area contributed by atoms with Crippen molar-refractivity contribution in [3.8, 4) is 5.75 Å². The number of nitrogens with one attached hydrogen (secondary N) is 1. The van der Waals surface area contributed by atoms with E-state index in [1.54, 1.807) is 6.07 Å². The lowest BCUT2D eigenvalue weighted by atomic mass is 9.92. The Morgan fingerprint density at radius 2 is 1.86 bits per heavy atom. The normalized spacial score (nSPS) is 19.7. The van der Waals surface area contributed by atoms with Crippen LogP contribution >= 0.6 is 23.2 Å². The highest BCUT2D eigenvalue weighted by atomic mass is 35.5. The summed E-state index contributed by atoms with van der Waals surface area (Å²) in [5, 5.41) is 12.3. The van der Waals surface area contributed by atoms with Crippen LogP contribution in [0.25, 0.3) is 0 Å². The minimum atomic E-state index is -2.83. The first kappa shape index (κ1) is 26.2. The molecule has 4 rings (SSSR count). The minimum Gasteiger partial charge on any atom is -0.490 e. The smallest absolute Gasteiger partial charge is 0.265 e. The quantitative estimate of drug-likeness (QED) is 0.483. The molecule has 1 heterocycles. The maximum Gasteiger partial charge on any atom is 0.265 e. The summed E-state index contributed by atoms with van der Waals surface area (Å²) in [4.78, 5) is 14.6. The van der Waals surface area contributed by atoms with Gasteiger partial charge in [0.2, 0.25) is 0 Å². The van der Waals surface area contributed by atoms with Gasteiger partial charge in [0.05, 0.1) is 5.56 Å². The van der Waals surface area contributed by atoms with Crippen LogP contribution in [0, 0.1) is 5.82 Å². The number of carbonyl (C=O) groups is 1. The second-order valence-corrected chi connectivity index (χ2v) is 12.7. The number of rotatable bonds is 8. The Hall–Kier alpha value is -1.84. The van der Waals surface area contributed by atoms with Gasteiger partial charge < -0.3 is 9.84 Å². The summed E-state index contributed by atoms with van der Waals surface area (Å²) >= 11 is 12.2. The SMILES string of the molecule is C=S(C)(=O)NC(=O)c1cc(C2CC2)c(OCC2(O)CCN(Cc3cc(Cl)cc(Cl)c3)CC2)cc1F. The summed E-state index contributed by atoms with van der Waals surface area (Å²) in [5.74, 6) is 2.34. The van der Waals surface area contributed by atoms with Crippen LogP contribution in [0.3, 0.4) is 0 Å². The van der Waals surface area contributed by atoms with Crippen molar-refractivity contribution in [2.75, 3.05) is 26.0 Å². The molecule has 2 aliphatic rings. The fourth-order valence-corrected chi connectivity index (χ4v) is 5.35. The maximum atomic E-state index is 14.8. The van der Waals surface area contributed by atoms with Crippen molar-refractivity contribution < 1.29 is 23.2 Å². The number of likely N-dealkylation sites (tertiary alicyclic amines) is 1. The van der Waals surface area contributed by atoms with Crippen molar-refractivity contribution in [3.63, 3.8) is 0 Å². The van der Waals surface area contributed by atoms with E-state index in [9.17, 15) is 18.5 Å². The fourth-order valence-electron chi connectivity index (χ4n) is 4.28. The summed E-state index contributed by atoms with van der Waals surface area (Å²) in [6.07, 6.45) is 4.10. The summed E-state index contributed by atoms with van der Waals surface area (Å²) < 4.78 is 34.8. The number of piperidine rings is 1. The van der Waals surface area contributed by atoms with E-state index < -0.39 is 27.0 Å². The highest BCUT2D eigenvalue weighted by Gasteiger charge is 2.35. The Kier molecular flexibility index (Phi) is 7.69. The molecule has 0 spiro atoms. The molecule has 2 aromatic carbocycles. The third-order valence-electron chi connectivity index (χ3n) is 6.28. The minimum absolute atomic E-state index is 0.0240. The number of carbonyl (C=O) groups excluding carboxylic acids is 1. The Labute approximate surface area is 215 Å². The summed E-state index contributed by atoms with van der Waals surface area (Å²) in [7, 11) is -2.83. The molecule has 0 radical (unpaired) electrons. The van der Waals surface area contributed by atoms with Gasteiger partial charge in [-0.15, -0.1) is 0 Å². The number of amides is 1. The van der Waals surface area contributed by atoms with E-state index in [1.807, 2.05) is 12.1 Å². The molecule has 1 amide bonds. The Morgan fingerprint density at radius 1 is 1.23 bits per heavy atom. The van der Waals surface area contributed by atoms with E-state index in [4.69, 9.17) is 27.9 Å². The van der Waals surface area contributed by atoms with Gasteiger partial charge in [0.1, 0.15) is 23.8 Å². The molecule has 2 N–H and O–H groups in total. The zero-order chi connectivity index (χ0) is 25.4. The topological polar surface area (TPSA) is 78.9 Å². The van der Waals surface area contributed by atoms with Crippen LogP contribution in [0.4, 0.5) is 4.39 Å². The van der Waals surface area contributed by atoms with Gasteiger partial charge in [-0.25, -0.2) is 8.60 Å². The van der Waals surface area contributed by atoms with Crippen LogP contribution in [0.1, 0.15) is 53.1 Å². The lowest BCUT2D eigenvalue weighted by molar-refractivity contribution is -0.0539. The molecule has 0 aromatic heterocycles. The second kappa shape index (κ2) is 10.3. The average Bonchev–Trinajstić information content (AvgIpc) is 3.57. The van der Waals surface area contributed by atoms with Gasteiger partial charge in [0.25, 0.3) is 5.91 Å². The van der Waals surface area contributed by atoms with E-state index in [0.717, 1.165) is 24.0 Å². The molecule has 1 aliphatic heterocycles. The third kappa shape index (κ3) is 7.11. The Balaban J connectivity index is 1.40. The number of halogens is 3. The van der Waals surface area contributed by atoms with E-state index in [2.05, 4.69) is 15.5 Å². The number of benzene rings is 2. The highest BCUT2D eigenvalue weighted by Crippen LogP contribution is 2.45. The fraction of sp³-hybridized carbons (Fsp3) is 0.440. The average molecular weight is 543 g/mol. The van der Waals surface area contributed by atoms with Crippen molar-refractivity contribution >= 4 is 44.7 Å². The van der Waals surface area contributed by atoms with Gasteiger partial charge in [-0.05, 0) is 72.9 Å². The summed E-state index contributed by atoms with van der Waals surface area (Å²) in [6, 6.07) is 8.10. The molecule has 1 saturated heterocycles. The van der Waals surface area contributed by atoms with Crippen molar-refractivity contribution in [1.29, 1.82) is 0 Å². The van der Waals surface area contributed by atoms with E-state index in [1.165, 1.54) is 18.4 Å². The standard InChI is InChI=1S/C25H29Cl2FN2O4S/c1-35(2,33)29-24(31)21-12-20(17-3-4-17)23(13-22(21)28)34-15-25(32)5-7-30(8-6-25)14-16-9-18(26)11-19(27)10-16/h9-13,17,32H,1,3-8,14-15H2,2H3,(H,29,31,33). The number of ether oxygens (including phenoxy) is 1. The zero-order valence-electron chi connectivity index (χ0n) is 19.5. The van der Waals surface area contributed by atoms with Crippen LogP contribution in [-0.2, 0) is 16.3 Å². The van der Waals surface area contributed by atoms with Crippen molar-refractivity contribution in [2.45, 2.75) is 43.7 Å². The highest BCUT2D eigenvalue weighted by molar-refractivity contribution is 7.98. The molecular formula is C25H29Cl2FN2O4S. The number of nitrogens with zero attached hydrogens (tertiary/aromatic N) is 1. The number of hydrogen-bond donors (Lipinski definition) is 2. The molecule has 6 nitrogen and oxygen atoms in total. The molecule has 1 aliphatic carbocycles. The van der Waals surface area contributed by atoms with Crippen LogP contribution in [0.15, 0.2) is 30.3 Å². The van der Waals surface area contributed by atoms with E-state index >= 15 is 0 Å². The lowest BCUT2D eigenvalue weighted by Gasteiger charge is -2.38. The van der Waals surface area contributed by atoms with Gasteiger partial charge >= 0.3 is 0 Å². The van der Waals surface area contributed by atoms with Crippen LogP contribution in [0.5, 0.6) is 5.75 Å². The largest absolute Gasteiger partial charge is 0.490 e. The molecule has 1 atom stereocenters. The molecule has 2 fully saturated rings. The van der Waals surface area contributed by atoms with Gasteiger partial charge in [-0.3, -0.25) is 14.4 Å². The first-order valence-electron chi connectivity index (χ1n) is 11.4. The first-order chi connectivity index (χ1) is 16.4. The van der Waals surface area contributed by atoms with Gasteiger partial charge in [0, 0.05) is 51.7 Å². The Bertz CT molecular complexity index is 1210. The van der Waals surface area contributed by atoms with E-state index in [0.29, 0.717) is 48.3 Å². The van der Waals surface area contributed by atoms with Gasteiger partial charge in [-0.2, -0.15) is 0 Å². The molecule has 1 unspecified atom stereocenters. The molecule has 35 heavy (non-hydrogen) atoms. The van der Waals surface area contributed by atoms with Crippen LogP contribution in [0.2, 0.25) is 10.0 Å². The van der Waals surface area contributed by atoms with E-state index in [-0.39, 0.29) is 18.1 Å². The first-order valence-corrected chi connectivity index (χ1v) is 14.3. The molecule has 10 heteroatoms. The Morgan fingerprint density at radius 3 is 2.43 bits per heavy atom. The van der Waals surface area contributed by atoms with Crippen molar-refractivity contribution in [2.24, 2.45) is 0 Å². The maximum absolute atomic E-state index is 14.8. The summed E-state index contributed by atoms with van der Waals surface area (Å²) in [6.45, 7) is 2.02. The third-order valence-corrected chi connectivity index (χ3v) is 7.34. The zero-order valence-corrected chi connectivity index (χ0v) is 21.8. The lowest BCUT2D eigenvalue weighted by Crippen LogP contribution is -2.47. The molecule has 0 bridgehead atoms. The van der Waals surface area contributed by atoms with Crippen LogP contribution in [-0.4, -0.2) is 57.5 Å². The molecule has 1 saturated carbocycles. The summed E-state index contributed by atoms with van der Waals surface area (Å²) in [5.41, 5.74) is 0.501. The molecule has 190 valence electrons.